The van der Waals surface area contributed by atoms with Gasteiger partial charge in [-0.15, -0.1) is 5.10 Å². The molecule has 0 spiro atoms. The summed E-state index contributed by atoms with van der Waals surface area (Å²) in [6.07, 6.45) is 2.11. The average Bonchev–Trinajstić information content (AvgIpc) is 3.33. The van der Waals surface area contributed by atoms with Crippen molar-refractivity contribution < 1.29 is 28.2 Å². The van der Waals surface area contributed by atoms with Crippen molar-refractivity contribution in [2.24, 2.45) is 7.05 Å². The summed E-state index contributed by atoms with van der Waals surface area (Å²) in [6, 6.07) is 5.00. The van der Waals surface area contributed by atoms with Crippen LogP contribution >= 0.6 is 10.9 Å². The minimum Gasteiger partial charge on any atom is -0.432 e. The highest BCUT2D eigenvalue weighted by Crippen LogP contribution is 2.56. The van der Waals surface area contributed by atoms with Gasteiger partial charge in [0.1, 0.15) is 16.8 Å². The summed E-state index contributed by atoms with van der Waals surface area (Å²) in [5.74, 6) is -0.0459. The molecule has 1 aliphatic rings. The lowest BCUT2D eigenvalue weighted by molar-refractivity contribution is -0.134. The van der Waals surface area contributed by atoms with Crippen molar-refractivity contribution in [1.29, 1.82) is 0 Å². The molecule has 0 saturated carbocycles. The molecule has 164 valence electrons. The second kappa shape index (κ2) is 8.27. The first kappa shape index (κ1) is 21.3. The maximum absolute atomic E-state index is 13.1. The molecule has 1 unspecified atom stereocenters. The van der Waals surface area contributed by atoms with Crippen LogP contribution in [0.5, 0.6) is 11.5 Å². The van der Waals surface area contributed by atoms with Gasteiger partial charge in [-0.25, -0.2) is 4.68 Å². The molecule has 1 N–H and O–H groups in total. The number of thiol groups is 1. The van der Waals surface area contributed by atoms with E-state index < -0.39 is 17.5 Å². The summed E-state index contributed by atoms with van der Waals surface area (Å²) in [4.78, 5) is 13.4. The zero-order valence-electron chi connectivity index (χ0n) is 17.1. The molecular weight excluding hydrogens is 428 g/mol. The molecule has 0 amide bonds. The summed E-state index contributed by atoms with van der Waals surface area (Å²) < 4.78 is 37.7. The SMILES string of the molecule is CCC(=O)Oc1cc(CO)c2c(c1)[SH](c1cc(OC(F)F)c3c(nnn3C)c1C)C=C2. The fraction of sp³-hybridized carbons (Fsp3) is 0.286. The van der Waals surface area contributed by atoms with Crippen molar-refractivity contribution in [1.82, 2.24) is 15.0 Å². The number of aromatic nitrogens is 3. The van der Waals surface area contributed by atoms with E-state index in [9.17, 15) is 18.7 Å². The number of aryl methyl sites for hydroxylation is 2. The lowest BCUT2D eigenvalue weighted by atomic mass is 10.1. The quantitative estimate of drug-likeness (QED) is 0.335. The van der Waals surface area contributed by atoms with Crippen LogP contribution in [0.2, 0.25) is 0 Å². The Kier molecular flexibility index (Phi) is 5.67. The number of hydrogen-bond donors (Lipinski definition) is 2. The number of ether oxygens (including phenoxy) is 2. The van der Waals surface area contributed by atoms with Gasteiger partial charge in [-0.05, 0) is 53.3 Å². The van der Waals surface area contributed by atoms with E-state index in [-0.39, 0.29) is 24.7 Å². The van der Waals surface area contributed by atoms with Crippen molar-refractivity contribution in [2.45, 2.75) is 43.3 Å². The number of carbonyl (C=O) groups excluding carboxylic acids is 1. The van der Waals surface area contributed by atoms with E-state index in [2.05, 4.69) is 10.3 Å². The van der Waals surface area contributed by atoms with Gasteiger partial charge in [0.2, 0.25) is 0 Å². The molecule has 0 radical (unpaired) electrons. The monoisotopic (exact) mass is 449 g/mol. The lowest BCUT2D eigenvalue weighted by Gasteiger charge is -2.21. The van der Waals surface area contributed by atoms with Crippen molar-refractivity contribution in [3.63, 3.8) is 0 Å². The third-order valence-corrected chi connectivity index (χ3v) is 7.42. The highest BCUT2D eigenvalue weighted by atomic mass is 32.2. The number of hydrogen-bond acceptors (Lipinski definition) is 6. The van der Waals surface area contributed by atoms with Crippen molar-refractivity contribution in [3.8, 4) is 11.5 Å². The molecule has 2 heterocycles. The Balaban J connectivity index is 1.88. The van der Waals surface area contributed by atoms with Gasteiger partial charge >= 0.3 is 12.6 Å². The van der Waals surface area contributed by atoms with E-state index >= 15 is 0 Å². The standard InChI is InChI=1S/C21H21F2N3O4S/c1-4-18(28)29-13-7-12(10-27)14-5-6-31(17(14)8-13)16-9-15(30-21(22)23)20-19(11(16)2)24-25-26(20)3/h5-9,21,27,31H,4,10H2,1-3H3. The number of carbonyl (C=O) groups is 1. The summed E-state index contributed by atoms with van der Waals surface area (Å²) >= 11 is 0. The maximum atomic E-state index is 13.1. The molecule has 1 aromatic heterocycles. The van der Waals surface area contributed by atoms with Crippen molar-refractivity contribution >= 4 is 34.0 Å². The first-order valence-corrected chi connectivity index (χ1v) is 11.0. The zero-order valence-corrected chi connectivity index (χ0v) is 18.0. The molecule has 0 fully saturated rings. The van der Waals surface area contributed by atoms with Crippen LogP contribution in [0.25, 0.3) is 17.1 Å². The highest BCUT2D eigenvalue weighted by molar-refractivity contribution is 8.20. The number of benzene rings is 2. The Morgan fingerprint density at radius 2 is 2.06 bits per heavy atom. The Labute approximate surface area is 179 Å². The van der Waals surface area contributed by atoms with Gasteiger partial charge in [-0.2, -0.15) is 19.7 Å². The minimum atomic E-state index is -2.99. The lowest BCUT2D eigenvalue weighted by Crippen LogP contribution is -2.07. The number of aliphatic hydroxyl groups excluding tert-OH is 1. The Bertz CT molecular complexity index is 1210. The maximum Gasteiger partial charge on any atom is 0.387 e. The van der Waals surface area contributed by atoms with Gasteiger partial charge in [0.05, 0.1) is 6.61 Å². The highest BCUT2D eigenvalue weighted by Gasteiger charge is 2.26. The van der Waals surface area contributed by atoms with Gasteiger partial charge in [0.15, 0.2) is 5.75 Å². The normalized spacial score (nSPS) is 16.2. The summed E-state index contributed by atoms with van der Waals surface area (Å²) in [7, 11) is 0.482. The van der Waals surface area contributed by atoms with Crippen molar-refractivity contribution in [2.75, 3.05) is 0 Å². The number of alkyl halides is 2. The molecule has 1 aliphatic heterocycles. The molecule has 3 aromatic rings. The molecule has 7 nitrogen and oxygen atoms in total. The second-order valence-electron chi connectivity index (χ2n) is 6.99. The van der Waals surface area contributed by atoms with E-state index in [0.717, 1.165) is 20.9 Å². The van der Waals surface area contributed by atoms with E-state index in [0.29, 0.717) is 22.3 Å². The predicted molar refractivity (Wildman–Crippen MR) is 113 cm³/mol. The van der Waals surface area contributed by atoms with Gasteiger partial charge in [-0.1, -0.05) is 12.1 Å². The fourth-order valence-corrected chi connectivity index (χ4v) is 5.98. The van der Waals surface area contributed by atoms with Crippen LogP contribution in [0, 0.1) is 6.92 Å². The van der Waals surface area contributed by atoms with Gasteiger partial charge in [-0.3, -0.25) is 4.79 Å². The van der Waals surface area contributed by atoms with Crippen LogP contribution in [-0.2, 0) is 18.4 Å². The molecule has 0 saturated heterocycles. The smallest absolute Gasteiger partial charge is 0.387 e. The predicted octanol–water partition coefficient (Wildman–Crippen LogP) is 4.09. The van der Waals surface area contributed by atoms with Gasteiger partial charge in [0, 0.05) is 23.3 Å². The first-order valence-electron chi connectivity index (χ1n) is 9.57. The Hall–Kier alpha value is -2.98. The third kappa shape index (κ3) is 3.77. The third-order valence-electron chi connectivity index (χ3n) is 5.10. The number of aliphatic hydroxyl groups is 1. The summed E-state index contributed by atoms with van der Waals surface area (Å²) in [5, 5.41) is 19.9. The number of nitrogens with zero attached hydrogens (tertiary/aromatic N) is 3. The zero-order chi connectivity index (χ0) is 22.3. The van der Waals surface area contributed by atoms with E-state index in [1.165, 1.54) is 4.68 Å². The van der Waals surface area contributed by atoms with Crippen LogP contribution in [-0.4, -0.2) is 32.7 Å². The summed E-state index contributed by atoms with van der Waals surface area (Å²) in [6.45, 7) is 0.339. The number of esters is 1. The molecule has 31 heavy (non-hydrogen) atoms. The van der Waals surface area contributed by atoms with Crippen LogP contribution in [0.15, 0.2) is 33.4 Å². The van der Waals surface area contributed by atoms with E-state index in [4.69, 9.17) is 9.47 Å². The number of halogens is 2. The van der Waals surface area contributed by atoms with Gasteiger partial charge < -0.3 is 14.6 Å². The molecule has 1 atom stereocenters. The van der Waals surface area contributed by atoms with Crippen LogP contribution in [0.1, 0.15) is 30.0 Å². The van der Waals surface area contributed by atoms with Gasteiger partial charge in [0.25, 0.3) is 0 Å². The average molecular weight is 449 g/mol. The van der Waals surface area contributed by atoms with Crippen LogP contribution in [0.3, 0.4) is 0 Å². The molecule has 10 heteroatoms. The topological polar surface area (TPSA) is 86.5 Å². The molecular formula is C21H21F2N3O4S. The Morgan fingerprint density at radius 3 is 2.74 bits per heavy atom. The van der Waals surface area contributed by atoms with E-state index in [1.807, 2.05) is 18.4 Å². The molecule has 0 aliphatic carbocycles. The first-order chi connectivity index (χ1) is 14.8. The van der Waals surface area contributed by atoms with Crippen molar-refractivity contribution in [3.05, 3.63) is 40.3 Å². The molecule has 2 aromatic carbocycles. The van der Waals surface area contributed by atoms with Crippen LogP contribution < -0.4 is 9.47 Å². The number of fused-ring (bicyclic) bond motifs is 2. The summed E-state index contributed by atoms with van der Waals surface area (Å²) in [5.41, 5.74) is 3.13. The second-order valence-corrected chi connectivity index (χ2v) is 9.00. The fourth-order valence-electron chi connectivity index (χ4n) is 3.64. The number of rotatable bonds is 6. The largest absolute Gasteiger partial charge is 0.432 e. The molecule has 0 bridgehead atoms. The van der Waals surface area contributed by atoms with E-state index in [1.54, 1.807) is 32.2 Å². The minimum absolute atomic E-state index is 0.00148. The van der Waals surface area contributed by atoms with Crippen LogP contribution in [0.4, 0.5) is 8.78 Å². The Morgan fingerprint density at radius 1 is 1.29 bits per heavy atom. The molecule has 4 rings (SSSR count).